The van der Waals surface area contributed by atoms with Gasteiger partial charge in [-0.3, -0.25) is 0 Å². The molecule has 2 nitrogen and oxygen atoms in total. The molecule has 0 aliphatic heterocycles. The molecule has 0 saturated carbocycles. The maximum Gasteiger partial charge on any atom is 0.0329 e. The van der Waals surface area contributed by atoms with E-state index in [1.807, 2.05) is 0 Å². The minimum absolute atomic E-state index is 0.0920. The molecule has 0 fully saturated rings. The van der Waals surface area contributed by atoms with Gasteiger partial charge in [-0.25, -0.2) is 5.48 Å². The zero-order valence-electron chi connectivity index (χ0n) is 7.21. The fourth-order valence-corrected chi connectivity index (χ4v) is 0.982. The quantitative estimate of drug-likeness (QED) is 0.355. The first-order chi connectivity index (χ1) is 5.85. The highest BCUT2D eigenvalue weighted by atomic mass is 16.5. The molecule has 0 aliphatic rings. The Morgan fingerprint density at radius 1 is 1.17 bits per heavy atom. The topological polar surface area (TPSA) is 32.3 Å². The predicted octanol–water partition coefficient (Wildman–Crippen LogP) is 1.55. The largest absolute Gasteiger partial charge is 0.317 e. The van der Waals surface area contributed by atoms with Gasteiger partial charge in [0.05, 0.1) is 0 Å². The summed E-state index contributed by atoms with van der Waals surface area (Å²) in [6.45, 7) is 0. The van der Waals surface area contributed by atoms with Gasteiger partial charge < -0.3 is 5.21 Å². The Balaban J connectivity index is 3.42. The van der Waals surface area contributed by atoms with Gasteiger partial charge in [0, 0.05) is 18.9 Å². The molecule has 12 heavy (non-hydrogen) atoms. The molecular weight excluding hydrogens is 150 g/mol. The first kappa shape index (κ1) is 11.0. The Morgan fingerprint density at radius 2 is 1.83 bits per heavy atom. The van der Waals surface area contributed by atoms with Crippen LogP contribution in [0.25, 0.3) is 0 Å². The Kier molecular flexibility index (Phi) is 7.49. The lowest BCUT2D eigenvalue weighted by Crippen LogP contribution is -2.25. The van der Waals surface area contributed by atoms with E-state index in [2.05, 4.69) is 17.3 Å². The van der Waals surface area contributed by atoms with E-state index in [1.165, 1.54) is 0 Å². The second-order valence-corrected chi connectivity index (χ2v) is 2.67. The fourth-order valence-electron chi connectivity index (χ4n) is 0.982. The normalized spacial score (nSPS) is 11.6. The van der Waals surface area contributed by atoms with Crippen LogP contribution in [-0.2, 0) is 0 Å². The smallest absolute Gasteiger partial charge is 0.0329 e. The number of terminal acetylenes is 2. The van der Waals surface area contributed by atoms with Crippen LogP contribution in [0.4, 0.5) is 0 Å². The average Bonchev–Trinajstić information content (AvgIpc) is 2.11. The van der Waals surface area contributed by atoms with Crippen LogP contribution in [-0.4, -0.2) is 11.2 Å². The molecule has 0 amide bonds. The molecule has 0 heterocycles. The Bertz CT molecular complexity index is 175. The molecule has 0 aromatic carbocycles. The van der Waals surface area contributed by atoms with E-state index in [-0.39, 0.29) is 6.04 Å². The molecule has 0 rings (SSSR count). The van der Waals surface area contributed by atoms with Crippen molar-refractivity contribution < 1.29 is 5.21 Å². The van der Waals surface area contributed by atoms with E-state index < -0.39 is 0 Å². The van der Waals surface area contributed by atoms with E-state index in [9.17, 15) is 0 Å². The van der Waals surface area contributed by atoms with Gasteiger partial charge in [0.1, 0.15) is 0 Å². The second-order valence-electron chi connectivity index (χ2n) is 2.67. The Hall–Kier alpha value is -0.960. The van der Waals surface area contributed by atoms with Gasteiger partial charge in [-0.2, -0.15) is 0 Å². The first-order valence-electron chi connectivity index (χ1n) is 4.11. The second kappa shape index (κ2) is 8.14. The fraction of sp³-hybridized carbons (Fsp3) is 0.600. The van der Waals surface area contributed by atoms with E-state index in [0.717, 1.165) is 25.7 Å². The molecule has 1 unspecified atom stereocenters. The molecule has 0 radical (unpaired) electrons. The van der Waals surface area contributed by atoms with Crippen molar-refractivity contribution in [3.8, 4) is 24.7 Å². The maximum atomic E-state index is 8.68. The number of hydrogen-bond acceptors (Lipinski definition) is 2. The van der Waals surface area contributed by atoms with Crippen molar-refractivity contribution in [2.24, 2.45) is 0 Å². The number of rotatable bonds is 6. The van der Waals surface area contributed by atoms with E-state index in [4.69, 9.17) is 18.1 Å². The van der Waals surface area contributed by atoms with Crippen molar-refractivity contribution in [2.45, 2.75) is 38.1 Å². The standard InChI is InChI=1S/C10H15NO/c1-3-5-7-9-10(11-12)8-6-4-2/h1-2,10-12H,5-9H2. The van der Waals surface area contributed by atoms with Gasteiger partial charge in [0.15, 0.2) is 0 Å². The third kappa shape index (κ3) is 5.80. The molecule has 2 N–H and O–H groups in total. The van der Waals surface area contributed by atoms with Crippen molar-refractivity contribution in [1.82, 2.24) is 5.48 Å². The van der Waals surface area contributed by atoms with E-state index in [1.54, 1.807) is 0 Å². The van der Waals surface area contributed by atoms with Gasteiger partial charge in [-0.15, -0.1) is 24.7 Å². The number of nitrogens with one attached hydrogen (secondary N) is 1. The zero-order valence-corrected chi connectivity index (χ0v) is 7.21. The zero-order chi connectivity index (χ0) is 9.23. The number of hydroxylamine groups is 1. The lowest BCUT2D eigenvalue weighted by Gasteiger charge is -2.11. The predicted molar refractivity (Wildman–Crippen MR) is 49.5 cm³/mol. The molecule has 0 spiro atoms. The summed E-state index contributed by atoms with van der Waals surface area (Å²) in [6.07, 6.45) is 14.2. The monoisotopic (exact) mass is 165 g/mol. The summed E-state index contributed by atoms with van der Waals surface area (Å²) >= 11 is 0. The Labute approximate surface area is 74.3 Å². The first-order valence-corrected chi connectivity index (χ1v) is 4.11. The molecule has 66 valence electrons. The van der Waals surface area contributed by atoms with E-state index >= 15 is 0 Å². The Morgan fingerprint density at radius 3 is 2.33 bits per heavy atom. The lowest BCUT2D eigenvalue weighted by molar-refractivity contribution is 0.117. The minimum Gasteiger partial charge on any atom is -0.317 e. The van der Waals surface area contributed by atoms with Crippen molar-refractivity contribution in [3.63, 3.8) is 0 Å². The number of hydrogen-bond donors (Lipinski definition) is 2. The summed E-state index contributed by atoms with van der Waals surface area (Å²) in [5, 5.41) is 8.68. The van der Waals surface area contributed by atoms with Crippen LogP contribution >= 0.6 is 0 Å². The van der Waals surface area contributed by atoms with Gasteiger partial charge in [0.2, 0.25) is 0 Å². The summed E-state index contributed by atoms with van der Waals surface area (Å²) in [7, 11) is 0. The van der Waals surface area contributed by atoms with Crippen molar-refractivity contribution in [1.29, 1.82) is 0 Å². The van der Waals surface area contributed by atoms with Gasteiger partial charge in [0.25, 0.3) is 0 Å². The summed E-state index contributed by atoms with van der Waals surface area (Å²) in [5.41, 5.74) is 2.23. The van der Waals surface area contributed by atoms with E-state index in [0.29, 0.717) is 6.42 Å². The van der Waals surface area contributed by atoms with Crippen molar-refractivity contribution >= 4 is 0 Å². The third-order valence-corrected chi connectivity index (χ3v) is 1.69. The van der Waals surface area contributed by atoms with Gasteiger partial charge >= 0.3 is 0 Å². The molecule has 1 atom stereocenters. The average molecular weight is 165 g/mol. The summed E-state index contributed by atoms with van der Waals surface area (Å²) in [6, 6.07) is 0.0920. The van der Waals surface area contributed by atoms with Gasteiger partial charge in [-0.05, 0) is 19.3 Å². The summed E-state index contributed by atoms with van der Waals surface area (Å²) in [5.74, 6) is 5.08. The lowest BCUT2D eigenvalue weighted by atomic mass is 10.1. The molecule has 0 saturated heterocycles. The van der Waals surface area contributed by atoms with Crippen LogP contribution in [0.5, 0.6) is 0 Å². The van der Waals surface area contributed by atoms with Crippen LogP contribution in [0.3, 0.4) is 0 Å². The number of unbranched alkanes of at least 4 members (excludes halogenated alkanes) is 1. The highest BCUT2D eigenvalue weighted by molar-refractivity contribution is 4.86. The van der Waals surface area contributed by atoms with Crippen LogP contribution < -0.4 is 5.48 Å². The van der Waals surface area contributed by atoms with Crippen LogP contribution in [0, 0.1) is 24.7 Å². The highest BCUT2D eigenvalue weighted by Gasteiger charge is 2.04. The molecule has 0 aromatic rings. The summed E-state index contributed by atoms with van der Waals surface area (Å²) in [4.78, 5) is 0. The molecule has 0 bridgehead atoms. The molecule has 0 aliphatic carbocycles. The van der Waals surface area contributed by atoms with Crippen LogP contribution in [0.15, 0.2) is 0 Å². The maximum absolute atomic E-state index is 8.68. The van der Waals surface area contributed by atoms with Gasteiger partial charge in [-0.1, -0.05) is 0 Å². The SMILES string of the molecule is C#CCCCC(CCC#C)NO. The van der Waals surface area contributed by atoms with Crippen molar-refractivity contribution in [2.75, 3.05) is 0 Å². The van der Waals surface area contributed by atoms with Crippen LogP contribution in [0.2, 0.25) is 0 Å². The molecule has 0 aromatic heterocycles. The van der Waals surface area contributed by atoms with Crippen LogP contribution in [0.1, 0.15) is 32.1 Å². The summed E-state index contributed by atoms with van der Waals surface area (Å²) < 4.78 is 0. The third-order valence-electron chi connectivity index (χ3n) is 1.69. The molecule has 2 heteroatoms. The minimum atomic E-state index is 0.0920. The highest BCUT2D eigenvalue weighted by Crippen LogP contribution is 2.05. The molecular formula is C10H15NO. The van der Waals surface area contributed by atoms with Crippen molar-refractivity contribution in [3.05, 3.63) is 0 Å².